The molecule has 6 heteroatoms. The van der Waals surface area contributed by atoms with E-state index in [0.29, 0.717) is 19.6 Å². The Bertz CT molecular complexity index is 1320. The lowest BCUT2D eigenvalue weighted by molar-refractivity contribution is 0.143. The number of alkyl carbamates (subject to hydrolysis) is 1. The number of hydrogen-bond donors (Lipinski definition) is 2. The van der Waals surface area contributed by atoms with E-state index < -0.39 is 6.09 Å². The van der Waals surface area contributed by atoms with Crippen molar-refractivity contribution < 1.29 is 9.53 Å². The molecule has 0 saturated carbocycles. The number of rotatable bonds is 4. The van der Waals surface area contributed by atoms with Crippen molar-refractivity contribution in [3.05, 3.63) is 88.0 Å². The predicted molar refractivity (Wildman–Crippen MR) is 128 cm³/mol. The number of ether oxygens (including phenoxy) is 1. The summed E-state index contributed by atoms with van der Waals surface area (Å²) in [5, 5.41) is 11.0. The number of aromatic nitrogens is 2. The number of halogens is 1. The van der Waals surface area contributed by atoms with E-state index in [2.05, 4.69) is 67.6 Å². The van der Waals surface area contributed by atoms with Crippen molar-refractivity contribution in [2.24, 2.45) is 0 Å². The minimum atomic E-state index is -0.425. The van der Waals surface area contributed by atoms with E-state index >= 15 is 0 Å². The highest BCUT2D eigenvalue weighted by atomic mass is 79.9. The van der Waals surface area contributed by atoms with Crippen LogP contribution in [0.2, 0.25) is 0 Å². The normalized spacial score (nSPS) is 12.0. The van der Waals surface area contributed by atoms with Crippen LogP contribution in [0.5, 0.6) is 0 Å². The molecule has 0 saturated heterocycles. The fourth-order valence-electron chi connectivity index (χ4n) is 4.11. The van der Waals surface area contributed by atoms with Crippen LogP contribution >= 0.6 is 15.9 Å². The third kappa shape index (κ3) is 4.00. The average Bonchev–Trinajstić information content (AvgIpc) is 3.36. The Kier molecular flexibility index (Phi) is 5.66. The number of H-pyrrole nitrogens is 1. The van der Waals surface area contributed by atoms with Crippen LogP contribution in [0.15, 0.2) is 71.2 Å². The summed E-state index contributed by atoms with van der Waals surface area (Å²) >= 11 is 3.44. The number of benzene rings is 3. The molecule has 1 heterocycles. The molecule has 158 valence electrons. The zero-order valence-corrected chi connectivity index (χ0v) is 18.8. The molecule has 3 aromatic carbocycles. The van der Waals surface area contributed by atoms with Crippen molar-refractivity contribution in [1.82, 2.24) is 15.5 Å². The smallest absolute Gasteiger partial charge is 0.407 e. The van der Waals surface area contributed by atoms with E-state index in [9.17, 15) is 4.79 Å². The van der Waals surface area contributed by atoms with Crippen LogP contribution in [0.25, 0.3) is 22.0 Å². The minimum Gasteiger partial charge on any atom is -0.449 e. The minimum absolute atomic E-state index is 0.0571. The molecule has 1 aromatic heterocycles. The molecule has 4 aromatic rings. The summed E-state index contributed by atoms with van der Waals surface area (Å²) in [6.07, 6.45) is 0.0897. The molecule has 1 aliphatic carbocycles. The molecule has 5 nitrogen and oxygen atoms in total. The first-order valence-electron chi connectivity index (χ1n) is 10.4. The van der Waals surface area contributed by atoms with Gasteiger partial charge in [0.25, 0.3) is 0 Å². The molecule has 1 amide bonds. The largest absolute Gasteiger partial charge is 0.449 e. The summed E-state index contributed by atoms with van der Waals surface area (Å²) in [6, 6.07) is 22.5. The summed E-state index contributed by atoms with van der Waals surface area (Å²) in [4.78, 5) is 12.2. The number of nitrogens with zero attached hydrogens (tertiary/aromatic N) is 1. The molecule has 0 unspecified atom stereocenters. The highest BCUT2D eigenvalue weighted by Gasteiger charge is 2.28. The van der Waals surface area contributed by atoms with Gasteiger partial charge in [0.15, 0.2) is 0 Å². The third-order valence-corrected chi connectivity index (χ3v) is 6.09. The Balaban J connectivity index is 1.15. The first kappa shape index (κ1) is 20.3. The maximum Gasteiger partial charge on any atom is 0.407 e. The number of hydrogen-bond acceptors (Lipinski definition) is 3. The predicted octanol–water partition coefficient (Wildman–Crippen LogP) is 5.61. The molecular formula is C26H20BrN3O2. The lowest BCUT2D eigenvalue weighted by Crippen LogP contribution is -2.26. The van der Waals surface area contributed by atoms with Crippen molar-refractivity contribution in [2.75, 3.05) is 13.2 Å². The topological polar surface area (TPSA) is 67.0 Å². The molecule has 0 radical (unpaired) electrons. The standard InChI is InChI=1S/C26H20BrN3O2/c27-17-12-13-22-24(29-30-25(22)15-17)11-5-6-14-28-26(31)32-16-23-20-9-3-1-7-18(20)19-8-2-4-10-21(19)23/h1-4,7-10,12-13,15,23H,6,14,16H2,(H,28,31)(H,29,30). The molecular weight excluding hydrogens is 466 g/mol. The molecule has 1 aliphatic rings. The van der Waals surface area contributed by atoms with Gasteiger partial charge >= 0.3 is 6.09 Å². The van der Waals surface area contributed by atoms with Crippen LogP contribution in [-0.2, 0) is 4.74 Å². The zero-order valence-electron chi connectivity index (χ0n) is 17.2. The average molecular weight is 486 g/mol. The number of nitrogens with one attached hydrogen (secondary N) is 2. The van der Waals surface area contributed by atoms with E-state index in [1.54, 1.807) is 0 Å². The van der Waals surface area contributed by atoms with Crippen molar-refractivity contribution >= 4 is 32.9 Å². The number of amides is 1. The van der Waals surface area contributed by atoms with Gasteiger partial charge in [-0.25, -0.2) is 4.79 Å². The first-order valence-corrected chi connectivity index (χ1v) is 11.2. The highest BCUT2D eigenvalue weighted by Crippen LogP contribution is 2.44. The third-order valence-electron chi connectivity index (χ3n) is 5.59. The van der Waals surface area contributed by atoms with Crippen molar-refractivity contribution in [1.29, 1.82) is 0 Å². The van der Waals surface area contributed by atoms with E-state index in [1.165, 1.54) is 22.3 Å². The van der Waals surface area contributed by atoms with Gasteiger partial charge in [0, 0.05) is 28.7 Å². The Hall–Kier alpha value is -3.56. The van der Waals surface area contributed by atoms with Crippen LogP contribution in [0.3, 0.4) is 0 Å². The van der Waals surface area contributed by atoms with Crippen LogP contribution in [0.1, 0.15) is 29.2 Å². The number of aromatic amines is 1. The lowest BCUT2D eigenvalue weighted by atomic mass is 9.98. The van der Waals surface area contributed by atoms with Gasteiger partial charge in [-0.3, -0.25) is 5.10 Å². The monoisotopic (exact) mass is 485 g/mol. The molecule has 0 spiro atoms. The van der Waals surface area contributed by atoms with Crippen LogP contribution in [-0.4, -0.2) is 29.4 Å². The van der Waals surface area contributed by atoms with Gasteiger partial charge in [0.05, 0.1) is 5.52 Å². The molecule has 0 bridgehead atoms. The van der Waals surface area contributed by atoms with Gasteiger partial charge in [-0.15, -0.1) is 0 Å². The fraction of sp³-hybridized carbons (Fsp3) is 0.154. The zero-order chi connectivity index (χ0) is 21.9. The van der Waals surface area contributed by atoms with Crippen LogP contribution in [0, 0.1) is 11.8 Å². The second kappa shape index (κ2) is 8.89. The number of carbonyl (C=O) groups is 1. The first-order chi connectivity index (χ1) is 15.7. The molecule has 0 aliphatic heterocycles. The Morgan fingerprint density at radius 3 is 2.53 bits per heavy atom. The maximum absolute atomic E-state index is 12.2. The second-order valence-electron chi connectivity index (χ2n) is 7.56. The molecule has 5 rings (SSSR count). The quantitative estimate of drug-likeness (QED) is 0.291. The summed E-state index contributed by atoms with van der Waals surface area (Å²) in [5.41, 5.74) is 6.46. The van der Waals surface area contributed by atoms with E-state index in [0.717, 1.165) is 21.1 Å². The number of carbonyl (C=O) groups excluding carboxylic acids is 1. The van der Waals surface area contributed by atoms with Gasteiger partial charge in [-0.2, -0.15) is 5.10 Å². The molecule has 32 heavy (non-hydrogen) atoms. The Morgan fingerprint density at radius 1 is 1.06 bits per heavy atom. The van der Waals surface area contributed by atoms with Gasteiger partial charge in [-0.05, 0) is 46.4 Å². The summed E-state index contributed by atoms with van der Waals surface area (Å²) in [6.45, 7) is 0.725. The second-order valence-corrected chi connectivity index (χ2v) is 8.48. The van der Waals surface area contributed by atoms with E-state index in [4.69, 9.17) is 4.74 Å². The highest BCUT2D eigenvalue weighted by molar-refractivity contribution is 9.10. The summed E-state index contributed by atoms with van der Waals surface area (Å²) in [7, 11) is 0. The van der Waals surface area contributed by atoms with Gasteiger partial charge in [0.2, 0.25) is 0 Å². The van der Waals surface area contributed by atoms with Gasteiger partial charge < -0.3 is 10.1 Å². The van der Waals surface area contributed by atoms with E-state index in [-0.39, 0.29) is 5.92 Å². The van der Waals surface area contributed by atoms with Crippen molar-refractivity contribution in [3.63, 3.8) is 0 Å². The SMILES string of the molecule is O=C(NCCC#Cc1[nH]nc2cc(Br)ccc12)OCC1c2ccccc2-c2ccccc21. The Labute approximate surface area is 194 Å². The van der Waals surface area contributed by atoms with Gasteiger partial charge in [-0.1, -0.05) is 70.4 Å². The van der Waals surface area contributed by atoms with Crippen molar-refractivity contribution in [2.45, 2.75) is 12.3 Å². The van der Waals surface area contributed by atoms with Crippen molar-refractivity contribution in [3.8, 4) is 23.0 Å². The summed E-state index contributed by atoms with van der Waals surface area (Å²) < 4.78 is 6.52. The van der Waals surface area contributed by atoms with Crippen LogP contribution < -0.4 is 5.32 Å². The summed E-state index contributed by atoms with van der Waals surface area (Å²) in [5.74, 6) is 6.21. The molecule has 0 fully saturated rings. The Morgan fingerprint density at radius 2 is 1.78 bits per heavy atom. The van der Waals surface area contributed by atoms with E-state index in [1.807, 2.05) is 42.5 Å². The molecule has 2 N–H and O–H groups in total. The lowest BCUT2D eigenvalue weighted by Gasteiger charge is -2.14. The number of fused-ring (bicyclic) bond motifs is 4. The molecule has 0 atom stereocenters. The fourth-order valence-corrected chi connectivity index (χ4v) is 4.46. The van der Waals surface area contributed by atoms with Crippen LogP contribution in [0.4, 0.5) is 4.79 Å². The van der Waals surface area contributed by atoms with Gasteiger partial charge in [0.1, 0.15) is 12.3 Å². The maximum atomic E-state index is 12.2.